The van der Waals surface area contributed by atoms with Gasteiger partial charge in [-0.2, -0.15) is 0 Å². The number of thiophene rings is 1. The highest BCUT2D eigenvalue weighted by molar-refractivity contribution is 7.12. The molecule has 2 heterocycles. The highest BCUT2D eigenvalue weighted by Gasteiger charge is 2.16. The summed E-state index contributed by atoms with van der Waals surface area (Å²) in [5, 5.41) is 12.8. The molecule has 0 saturated heterocycles. The van der Waals surface area contributed by atoms with Crippen LogP contribution in [0.4, 0.5) is 4.39 Å². The van der Waals surface area contributed by atoms with Crippen molar-refractivity contribution >= 4 is 17.2 Å². The van der Waals surface area contributed by atoms with Crippen LogP contribution in [0.25, 0.3) is 0 Å². The molecule has 0 aliphatic heterocycles. The van der Waals surface area contributed by atoms with Crippen LogP contribution in [0.1, 0.15) is 32.0 Å². The Balaban J connectivity index is 1.64. The molecule has 0 spiro atoms. The Labute approximate surface area is 136 Å². The third kappa shape index (κ3) is 3.49. The Morgan fingerprint density at radius 3 is 2.78 bits per heavy atom. The van der Waals surface area contributed by atoms with Gasteiger partial charge in [0, 0.05) is 9.75 Å². The first kappa shape index (κ1) is 15.5. The number of carbonyl (C=O) groups is 1. The largest absolute Gasteiger partial charge is 0.466 e. The van der Waals surface area contributed by atoms with E-state index in [1.807, 2.05) is 6.07 Å². The first-order valence-electron chi connectivity index (χ1n) is 6.98. The van der Waals surface area contributed by atoms with Crippen molar-refractivity contribution in [2.75, 3.05) is 0 Å². The first-order chi connectivity index (χ1) is 11.1. The van der Waals surface area contributed by atoms with Crippen molar-refractivity contribution in [2.24, 2.45) is 0 Å². The topological polar surface area (TPSA) is 62.5 Å². The van der Waals surface area contributed by atoms with E-state index in [1.54, 1.807) is 24.3 Å². The summed E-state index contributed by atoms with van der Waals surface area (Å²) in [6.45, 7) is 0.267. The molecule has 6 heteroatoms. The number of halogens is 1. The smallest absolute Gasteiger partial charge is 0.254 e. The zero-order chi connectivity index (χ0) is 16.2. The van der Waals surface area contributed by atoms with Gasteiger partial charge in [-0.1, -0.05) is 12.1 Å². The third-order valence-electron chi connectivity index (χ3n) is 3.31. The molecule has 1 amide bonds. The summed E-state index contributed by atoms with van der Waals surface area (Å²) < 4.78 is 18.7. The number of rotatable bonds is 5. The van der Waals surface area contributed by atoms with Gasteiger partial charge < -0.3 is 14.8 Å². The molecule has 1 unspecified atom stereocenters. The lowest BCUT2D eigenvalue weighted by molar-refractivity contribution is 0.0947. The lowest BCUT2D eigenvalue weighted by atomic mass is 10.2. The maximum atomic E-state index is 13.5. The van der Waals surface area contributed by atoms with E-state index in [-0.39, 0.29) is 12.1 Å². The minimum atomic E-state index is -0.828. The van der Waals surface area contributed by atoms with Crippen LogP contribution >= 0.6 is 11.3 Å². The molecule has 0 bridgehead atoms. The predicted octanol–water partition coefficient (Wildman–Crippen LogP) is 3.49. The zero-order valence-electron chi connectivity index (χ0n) is 12.0. The quantitative estimate of drug-likeness (QED) is 0.752. The van der Waals surface area contributed by atoms with Crippen molar-refractivity contribution in [1.29, 1.82) is 0 Å². The van der Waals surface area contributed by atoms with Crippen molar-refractivity contribution in [3.8, 4) is 0 Å². The highest BCUT2D eigenvalue weighted by atomic mass is 32.1. The molecule has 1 atom stereocenters. The summed E-state index contributed by atoms with van der Waals surface area (Å²) in [7, 11) is 0. The minimum Gasteiger partial charge on any atom is -0.466 e. The fourth-order valence-electron chi connectivity index (χ4n) is 2.13. The van der Waals surface area contributed by atoms with E-state index < -0.39 is 17.8 Å². The van der Waals surface area contributed by atoms with Crippen LogP contribution in [0.3, 0.4) is 0 Å². The van der Waals surface area contributed by atoms with E-state index in [2.05, 4.69) is 5.32 Å². The Bertz CT molecular complexity index is 798. The summed E-state index contributed by atoms with van der Waals surface area (Å²) in [5.74, 6) is -0.552. The first-order valence-corrected chi connectivity index (χ1v) is 7.79. The summed E-state index contributed by atoms with van der Waals surface area (Å²) in [6.07, 6.45) is 0.674. The molecule has 23 heavy (non-hydrogen) atoms. The molecular weight excluding hydrogens is 317 g/mol. The summed E-state index contributed by atoms with van der Waals surface area (Å²) in [5.41, 5.74) is 0.0138. The van der Waals surface area contributed by atoms with E-state index >= 15 is 0 Å². The van der Waals surface area contributed by atoms with Crippen LogP contribution in [0.2, 0.25) is 0 Å². The summed E-state index contributed by atoms with van der Waals surface area (Å²) >= 11 is 1.36. The highest BCUT2D eigenvalue weighted by Crippen LogP contribution is 2.28. The van der Waals surface area contributed by atoms with Crippen LogP contribution in [0.5, 0.6) is 0 Å². The fraction of sp³-hybridized carbons (Fsp3) is 0.118. The van der Waals surface area contributed by atoms with Crippen molar-refractivity contribution in [3.05, 3.63) is 81.7 Å². The number of furan rings is 1. The van der Waals surface area contributed by atoms with E-state index in [9.17, 15) is 14.3 Å². The number of aliphatic hydroxyl groups is 1. The standard InChI is InChI=1S/C17H14FNO3S/c18-13-5-2-1-4-12(13)17(21)19-10-11-7-8-15(23-11)16(20)14-6-3-9-22-14/h1-9,16,20H,10H2,(H,19,21). The van der Waals surface area contributed by atoms with Crippen LogP contribution < -0.4 is 5.32 Å². The van der Waals surface area contributed by atoms with Gasteiger partial charge in [-0.05, 0) is 36.4 Å². The zero-order valence-corrected chi connectivity index (χ0v) is 12.8. The Hall–Kier alpha value is -2.44. The number of benzene rings is 1. The normalized spacial score (nSPS) is 12.1. The van der Waals surface area contributed by atoms with Crippen LogP contribution in [0.15, 0.2) is 59.2 Å². The van der Waals surface area contributed by atoms with Gasteiger partial charge in [-0.25, -0.2) is 4.39 Å². The number of nitrogens with one attached hydrogen (secondary N) is 1. The molecule has 0 fully saturated rings. The SMILES string of the molecule is O=C(NCc1ccc(C(O)c2ccco2)s1)c1ccccc1F. The predicted molar refractivity (Wildman–Crippen MR) is 84.7 cm³/mol. The monoisotopic (exact) mass is 331 g/mol. The second kappa shape index (κ2) is 6.76. The van der Waals surface area contributed by atoms with Gasteiger partial charge in [0.05, 0.1) is 18.4 Å². The van der Waals surface area contributed by atoms with Crippen molar-refractivity contribution in [2.45, 2.75) is 12.6 Å². The second-order valence-electron chi connectivity index (χ2n) is 4.88. The van der Waals surface area contributed by atoms with Gasteiger partial charge in [0.15, 0.2) is 0 Å². The molecule has 2 N–H and O–H groups in total. The molecule has 0 aliphatic carbocycles. The lowest BCUT2D eigenvalue weighted by Crippen LogP contribution is -2.23. The number of hydrogen-bond acceptors (Lipinski definition) is 4. The van der Waals surface area contributed by atoms with Crippen molar-refractivity contribution in [3.63, 3.8) is 0 Å². The maximum absolute atomic E-state index is 13.5. The molecular formula is C17H14FNO3S. The molecule has 0 aliphatic rings. The molecule has 3 aromatic rings. The third-order valence-corrected chi connectivity index (χ3v) is 4.44. The lowest BCUT2D eigenvalue weighted by Gasteiger charge is -2.05. The van der Waals surface area contributed by atoms with E-state index in [0.717, 1.165) is 9.75 Å². The Morgan fingerprint density at radius 1 is 1.22 bits per heavy atom. The van der Waals surface area contributed by atoms with E-state index in [1.165, 1.54) is 35.8 Å². The number of amides is 1. The minimum absolute atomic E-state index is 0.0138. The van der Waals surface area contributed by atoms with Crippen molar-refractivity contribution < 1.29 is 18.7 Å². The molecule has 4 nitrogen and oxygen atoms in total. The molecule has 2 aromatic heterocycles. The molecule has 1 aromatic carbocycles. The van der Waals surface area contributed by atoms with Crippen LogP contribution in [-0.4, -0.2) is 11.0 Å². The maximum Gasteiger partial charge on any atom is 0.254 e. The average Bonchev–Trinajstić information content (AvgIpc) is 3.24. The average molecular weight is 331 g/mol. The van der Waals surface area contributed by atoms with Gasteiger partial charge in [0.1, 0.15) is 17.7 Å². The van der Waals surface area contributed by atoms with Gasteiger partial charge in [0.2, 0.25) is 0 Å². The van der Waals surface area contributed by atoms with Gasteiger partial charge in [0.25, 0.3) is 5.91 Å². The van der Waals surface area contributed by atoms with E-state index in [4.69, 9.17) is 4.42 Å². The molecule has 0 radical (unpaired) electrons. The van der Waals surface area contributed by atoms with Gasteiger partial charge in [-0.3, -0.25) is 4.79 Å². The fourth-order valence-corrected chi connectivity index (χ4v) is 3.08. The Kier molecular flexibility index (Phi) is 4.55. The number of hydrogen-bond donors (Lipinski definition) is 2. The molecule has 3 rings (SSSR count). The number of aliphatic hydroxyl groups excluding tert-OH is 1. The van der Waals surface area contributed by atoms with Gasteiger partial charge >= 0.3 is 0 Å². The summed E-state index contributed by atoms with van der Waals surface area (Å²) in [4.78, 5) is 13.5. The number of carbonyl (C=O) groups excluding carboxylic acids is 1. The summed E-state index contributed by atoms with van der Waals surface area (Å²) in [6, 6.07) is 12.8. The Morgan fingerprint density at radius 2 is 2.04 bits per heavy atom. The van der Waals surface area contributed by atoms with Gasteiger partial charge in [-0.15, -0.1) is 11.3 Å². The van der Waals surface area contributed by atoms with E-state index in [0.29, 0.717) is 5.76 Å². The van der Waals surface area contributed by atoms with Crippen LogP contribution in [0, 0.1) is 5.82 Å². The van der Waals surface area contributed by atoms with Crippen molar-refractivity contribution in [1.82, 2.24) is 5.32 Å². The molecule has 0 saturated carbocycles. The van der Waals surface area contributed by atoms with Crippen LogP contribution in [-0.2, 0) is 6.54 Å². The second-order valence-corrected chi connectivity index (χ2v) is 6.08. The molecule has 118 valence electrons.